The minimum Gasteiger partial charge on any atom is -0.496 e. The van der Waals surface area contributed by atoms with Crippen LogP contribution in [0.3, 0.4) is 0 Å². The van der Waals surface area contributed by atoms with E-state index in [0.29, 0.717) is 16.1 Å². The van der Waals surface area contributed by atoms with Crippen molar-refractivity contribution in [2.24, 2.45) is 0 Å². The maximum Gasteiger partial charge on any atom is 0.195 e. The highest BCUT2D eigenvalue weighted by atomic mass is 35.5. The highest BCUT2D eigenvalue weighted by molar-refractivity contribution is 6.30. The average molecular weight is 314 g/mol. The van der Waals surface area contributed by atoms with Gasteiger partial charge in [-0.25, -0.2) is 0 Å². The number of H-pyrrole nitrogens is 1. The number of aromatic nitrogens is 1. The van der Waals surface area contributed by atoms with Crippen LogP contribution in [0.25, 0.3) is 10.9 Å². The van der Waals surface area contributed by atoms with E-state index in [1.54, 1.807) is 31.4 Å². The summed E-state index contributed by atoms with van der Waals surface area (Å²) in [4.78, 5) is 16.2. The zero-order valence-electron chi connectivity index (χ0n) is 12.7. The maximum absolute atomic E-state index is 12.9. The third-order valence-electron chi connectivity index (χ3n) is 3.92. The summed E-state index contributed by atoms with van der Waals surface area (Å²) in [5, 5.41) is 1.53. The summed E-state index contributed by atoms with van der Waals surface area (Å²) in [6, 6.07) is 10.8. The van der Waals surface area contributed by atoms with Gasteiger partial charge >= 0.3 is 0 Å². The number of aromatic amines is 1. The number of carbonyl (C=O) groups is 1. The molecule has 0 aliphatic carbocycles. The lowest BCUT2D eigenvalue weighted by Crippen LogP contribution is -2.03. The second-order valence-electron chi connectivity index (χ2n) is 5.28. The van der Waals surface area contributed by atoms with Gasteiger partial charge in [0, 0.05) is 32.7 Å². The van der Waals surface area contributed by atoms with Crippen molar-refractivity contribution in [2.45, 2.75) is 13.8 Å². The van der Waals surface area contributed by atoms with Crippen LogP contribution in [0.4, 0.5) is 0 Å². The fourth-order valence-electron chi connectivity index (χ4n) is 2.82. The molecule has 1 aromatic heterocycles. The number of ketones is 1. The normalized spacial score (nSPS) is 10.9. The Hall–Kier alpha value is -2.26. The molecule has 0 saturated carbocycles. The van der Waals surface area contributed by atoms with Gasteiger partial charge in [0.25, 0.3) is 0 Å². The molecule has 2 aromatic carbocycles. The Balaban J connectivity index is 2.23. The fourth-order valence-corrected chi connectivity index (χ4v) is 2.95. The minimum absolute atomic E-state index is 0.0169. The Bertz CT molecular complexity index is 863. The smallest absolute Gasteiger partial charge is 0.195 e. The standard InChI is InChI=1S/C18H16ClNO2/c1-10-15(22-3)9-8-14-16(10)17(11(2)20-14)18(21)12-4-6-13(19)7-5-12/h4-9,20H,1-3H3. The monoisotopic (exact) mass is 313 g/mol. The lowest BCUT2D eigenvalue weighted by molar-refractivity contribution is 0.103. The summed E-state index contributed by atoms with van der Waals surface area (Å²) in [7, 11) is 1.63. The number of ether oxygens (including phenoxy) is 1. The van der Waals surface area contributed by atoms with Crippen LogP contribution in [0, 0.1) is 13.8 Å². The summed E-state index contributed by atoms with van der Waals surface area (Å²) >= 11 is 5.90. The second-order valence-corrected chi connectivity index (χ2v) is 5.71. The Morgan fingerprint density at radius 2 is 1.77 bits per heavy atom. The Morgan fingerprint density at radius 1 is 1.09 bits per heavy atom. The lowest BCUT2D eigenvalue weighted by Gasteiger charge is -2.08. The van der Waals surface area contributed by atoms with Crippen molar-refractivity contribution in [3.05, 3.63) is 63.8 Å². The summed E-state index contributed by atoms with van der Waals surface area (Å²) in [6.07, 6.45) is 0. The fraction of sp³-hybridized carbons (Fsp3) is 0.167. The van der Waals surface area contributed by atoms with E-state index in [1.807, 2.05) is 26.0 Å². The highest BCUT2D eigenvalue weighted by Crippen LogP contribution is 2.32. The lowest BCUT2D eigenvalue weighted by atomic mass is 9.97. The van der Waals surface area contributed by atoms with Gasteiger partial charge in [0.2, 0.25) is 0 Å². The maximum atomic E-state index is 12.9. The molecular formula is C18H16ClNO2. The van der Waals surface area contributed by atoms with Gasteiger partial charge in [0.1, 0.15) is 5.75 Å². The van der Waals surface area contributed by atoms with Crippen molar-refractivity contribution >= 4 is 28.3 Å². The molecule has 4 heteroatoms. The zero-order valence-corrected chi connectivity index (χ0v) is 13.4. The molecule has 1 heterocycles. The van der Waals surface area contributed by atoms with E-state index in [4.69, 9.17) is 16.3 Å². The number of halogens is 1. The Morgan fingerprint density at radius 3 is 2.41 bits per heavy atom. The average Bonchev–Trinajstić information content (AvgIpc) is 2.85. The van der Waals surface area contributed by atoms with Crippen LogP contribution in [0.2, 0.25) is 5.02 Å². The van der Waals surface area contributed by atoms with Crippen molar-refractivity contribution in [3.63, 3.8) is 0 Å². The number of hydrogen-bond donors (Lipinski definition) is 1. The molecule has 0 bridgehead atoms. The summed E-state index contributed by atoms with van der Waals surface area (Å²) < 4.78 is 5.38. The number of rotatable bonds is 3. The molecule has 3 nitrogen and oxygen atoms in total. The molecule has 22 heavy (non-hydrogen) atoms. The molecule has 112 valence electrons. The van der Waals surface area contributed by atoms with Crippen LogP contribution >= 0.6 is 11.6 Å². The molecule has 0 radical (unpaired) electrons. The van der Waals surface area contributed by atoms with Crippen LogP contribution < -0.4 is 4.74 Å². The van der Waals surface area contributed by atoms with Crippen molar-refractivity contribution in [2.75, 3.05) is 7.11 Å². The summed E-state index contributed by atoms with van der Waals surface area (Å²) in [5.74, 6) is 0.758. The third kappa shape index (κ3) is 2.28. The first-order chi connectivity index (χ1) is 10.5. The molecule has 3 rings (SSSR count). The van der Waals surface area contributed by atoms with E-state index in [-0.39, 0.29) is 5.78 Å². The van der Waals surface area contributed by atoms with E-state index in [2.05, 4.69) is 4.98 Å². The quantitative estimate of drug-likeness (QED) is 0.713. The predicted molar refractivity (Wildman–Crippen MR) is 89.2 cm³/mol. The van der Waals surface area contributed by atoms with Crippen LogP contribution in [0.5, 0.6) is 5.75 Å². The molecule has 0 saturated heterocycles. The highest BCUT2D eigenvalue weighted by Gasteiger charge is 2.20. The van der Waals surface area contributed by atoms with Gasteiger partial charge in [-0.05, 0) is 50.2 Å². The molecule has 0 aliphatic rings. The molecule has 0 aliphatic heterocycles. The first-order valence-corrected chi connectivity index (χ1v) is 7.37. The van der Waals surface area contributed by atoms with E-state index in [0.717, 1.165) is 27.9 Å². The Kier molecular flexibility index (Phi) is 3.67. The summed E-state index contributed by atoms with van der Waals surface area (Å²) in [6.45, 7) is 3.88. The number of carbonyl (C=O) groups excluding carboxylic acids is 1. The van der Waals surface area contributed by atoms with Crippen molar-refractivity contribution in [1.82, 2.24) is 4.98 Å². The first kappa shape index (κ1) is 14.7. The van der Waals surface area contributed by atoms with Crippen LogP contribution in [0.1, 0.15) is 27.2 Å². The predicted octanol–water partition coefficient (Wildman–Crippen LogP) is 4.68. The molecular weight excluding hydrogens is 298 g/mol. The van der Waals surface area contributed by atoms with Gasteiger partial charge in [-0.3, -0.25) is 4.79 Å². The van der Waals surface area contributed by atoms with E-state index in [9.17, 15) is 4.79 Å². The van der Waals surface area contributed by atoms with E-state index in [1.165, 1.54) is 0 Å². The molecule has 1 N–H and O–H groups in total. The van der Waals surface area contributed by atoms with E-state index >= 15 is 0 Å². The molecule has 0 spiro atoms. The third-order valence-corrected chi connectivity index (χ3v) is 4.17. The molecule has 0 unspecified atom stereocenters. The van der Waals surface area contributed by atoms with Crippen molar-refractivity contribution < 1.29 is 9.53 Å². The number of nitrogens with one attached hydrogen (secondary N) is 1. The molecule has 0 amide bonds. The van der Waals surface area contributed by atoms with Crippen LogP contribution in [-0.2, 0) is 0 Å². The minimum atomic E-state index is -0.0169. The van der Waals surface area contributed by atoms with Gasteiger partial charge in [-0.2, -0.15) is 0 Å². The Labute approximate surface area is 133 Å². The number of fused-ring (bicyclic) bond motifs is 1. The SMILES string of the molecule is COc1ccc2[nH]c(C)c(C(=O)c3ccc(Cl)cc3)c2c1C. The molecule has 3 aromatic rings. The van der Waals surface area contributed by atoms with Gasteiger partial charge < -0.3 is 9.72 Å². The van der Waals surface area contributed by atoms with Gasteiger partial charge in [0.15, 0.2) is 5.78 Å². The topological polar surface area (TPSA) is 42.1 Å². The molecule has 0 atom stereocenters. The number of methoxy groups -OCH3 is 1. The van der Waals surface area contributed by atoms with Gasteiger partial charge in [-0.15, -0.1) is 0 Å². The van der Waals surface area contributed by atoms with Crippen LogP contribution in [-0.4, -0.2) is 17.9 Å². The number of aryl methyl sites for hydroxylation is 2. The number of hydrogen-bond acceptors (Lipinski definition) is 2. The van der Waals surface area contributed by atoms with Gasteiger partial charge in [-0.1, -0.05) is 11.6 Å². The van der Waals surface area contributed by atoms with Crippen LogP contribution in [0.15, 0.2) is 36.4 Å². The van der Waals surface area contributed by atoms with E-state index < -0.39 is 0 Å². The first-order valence-electron chi connectivity index (χ1n) is 6.99. The van der Waals surface area contributed by atoms with Gasteiger partial charge in [0.05, 0.1) is 12.7 Å². The van der Waals surface area contributed by atoms with Crippen molar-refractivity contribution in [1.29, 1.82) is 0 Å². The second kappa shape index (κ2) is 5.50. The zero-order chi connectivity index (χ0) is 15.9. The molecule has 0 fully saturated rings. The summed E-state index contributed by atoms with van der Waals surface area (Å²) in [5.41, 5.74) is 4.06. The van der Waals surface area contributed by atoms with Crippen molar-refractivity contribution in [3.8, 4) is 5.75 Å². The number of benzene rings is 2. The largest absolute Gasteiger partial charge is 0.496 e.